The Bertz CT molecular complexity index is 1930. The largest absolute Gasteiger partial charge is 0.472 e. The Hall–Kier alpha value is -3.33. The van der Waals surface area contributed by atoms with Crippen LogP contribution in [-0.2, 0) is 32.7 Å². The Kier molecular flexibility index (Phi) is 76.9. The van der Waals surface area contributed by atoms with E-state index in [9.17, 15) is 19.0 Å². The summed E-state index contributed by atoms with van der Waals surface area (Å²) in [5.74, 6) is -0.814. The van der Waals surface area contributed by atoms with E-state index >= 15 is 0 Å². The first kappa shape index (κ1) is 91.7. The zero-order chi connectivity index (χ0) is 68.6. The maximum Gasteiger partial charge on any atom is 0.472 e. The summed E-state index contributed by atoms with van der Waals surface area (Å²) in [5.41, 5.74) is 5.42. The van der Waals surface area contributed by atoms with Crippen LogP contribution >= 0.6 is 7.82 Å². The van der Waals surface area contributed by atoms with Crippen molar-refractivity contribution < 1.29 is 37.6 Å². The summed E-state index contributed by atoms with van der Waals surface area (Å²) in [6, 6.07) is 0. The molecule has 0 saturated carbocycles. The van der Waals surface area contributed by atoms with Crippen LogP contribution in [0.15, 0.2) is 109 Å². The normalized spacial score (nSPS) is 13.4. The van der Waals surface area contributed by atoms with Gasteiger partial charge in [-0.25, -0.2) is 4.57 Å². The molecule has 0 fully saturated rings. The summed E-state index contributed by atoms with van der Waals surface area (Å²) in [6.45, 7) is 3.67. The molecule has 0 aromatic rings. The summed E-state index contributed by atoms with van der Waals surface area (Å²) in [6.07, 6.45) is 111. The predicted octanol–water partition coefficient (Wildman–Crippen LogP) is 27.2. The van der Waals surface area contributed by atoms with Crippen LogP contribution in [0, 0.1) is 0 Å². The molecule has 0 aliphatic heterocycles. The lowest BCUT2D eigenvalue weighted by Crippen LogP contribution is -2.29. The minimum atomic E-state index is -4.40. The van der Waals surface area contributed by atoms with Gasteiger partial charge in [0, 0.05) is 19.4 Å². The topological polar surface area (TPSA) is 134 Å². The summed E-state index contributed by atoms with van der Waals surface area (Å²) in [7, 11) is -4.40. The highest BCUT2D eigenvalue weighted by molar-refractivity contribution is 7.47. The standard InChI is InChI=1S/C85H152NO8P/c1-3-5-7-9-11-13-15-17-19-21-23-25-27-29-31-33-35-37-38-39-40-41-42-43-44-46-47-49-51-53-55-57-59-61-63-65-67-69-71-73-75-77-84(87)91-81-83(82-93-95(89,90)92-80-79-86)94-85(88)78-76-74-72-70-68-66-64-62-60-58-56-54-52-50-48-45-36-34-32-30-28-26-24-22-20-18-16-14-12-10-8-6-4-2/h6,8,12,14-15,17-18,20-21,23-24,26-27,29-30,32,36,45,83H,3-5,7,9-11,13,16,19,22,25,28,31,33-35,37-44,46-82,86H2,1-2H3,(H,89,90)/b8-6-,14-12-,17-15-,20-18-,23-21-,26-24-,29-27-,32-30-,45-36-. The molecule has 0 heterocycles. The predicted molar refractivity (Wildman–Crippen MR) is 413 cm³/mol. The van der Waals surface area contributed by atoms with Crippen LogP contribution < -0.4 is 5.73 Å². The summed E-state index contributed by atoms with van der Waals surface area (Å²) in [4.78, 5) is 35.5. The second kappa shape index (κ2) is 79.7. The molecule has 0 saturated heterocycles. The van der Waals surface area contributed by atoms with Gasteiger partial charge in [0.15, 0.2) is 6.10 Å². The number of phosphoric acid groups is 1. The van der Waals surface area contributed by atoms with E-state index in [0.717, 1.165) is 89.9 Å². The third kappa shape index (κ3) is 79.5. The Morgan fingerprint density at radius 2 is 0.579 bits per heavy atom. The van der Waals surface area contributed by atoms with E-state index in [1.165, 1.54) is 263 Å². The lowest BCUT2D eigenvalue weighted by molar-refractivity contribution is -0.161. The van der Waals surface area contributed by atoms with Gasteiger partial charge >= 0.3 is 19.8 Å². The number of phosphoric ester groups is 1. The number of allylic oxidation sites excluding steroid dienone is 18. The average molecular weight is 1350 g/mol. The van der Waals surface area contributed by atoms with Gasteiger partial charge in [-0.1, -0.05) is 380 Å². The van der Waals surface area contributed by atoms with Gasteiger partial charge in [0.2, 0.25) is 0 Å². The molecule has 0 aromatic heterocycles. The molecule has 95 heavy (non-hydrogen) atoms. The van der Waals surface area contributed by atoms with Crippen molar-refractivity contribution in [2.24, 2.45) is 5.73 Å². The highest BCUT2D eigenvalue weighted by Gasteiger charge is 2.26. The van der Waals surface area contributed by atoms with Crippen LogP contribution in [0.1, 0.15) is 386 Å². The SMILES string of the molecule is CC/C=C\C/C=C\C/C=C\C/C=C\C/C=C\C/C=C\CCCCCCCCCCCCCCCCC(=O)OC(COC(=O)CCCCCCCCCCCCCCCCCCCCCCCCCCCC/C=C\C/C=C\C/C=C\CCCCCCC)COP(=O)(O)OCCN. The average Bonchev–Trinajstić information content (AvgIpc) is 3.25. The molecule has 3 N–H and O–H groups in total. The van der Waals surface area contributed by atoms with Crippen LogP contribution in [0.2, 0.25) is 0 Å². The number of carbonyl (C=O) groups is 2. The summed E-state index contributed by atoms with van der Waals surface area (Å²) in [5, 5.41) is 0. The smallest absolute Gasteiger partial charge is 0.462 e. The van der Waals surface area contributed by atoms with Crippen molar-refractivity contribution in [1.29, 1.82) is 0 Å². The van der Waals surface area contributed by atoms with Crippen molar-refractivity contribution >= 4 is 19.8 Å². The van der Waals surface area contributed by atoms with Gasteiger partial charge in [-0.3, -0.25) is 18.6 Å². The van der Waals surface area contributed by atoms with Crippen molar-refractivity contribution in [3.05, 3.63) is 109 Å². The zero-order valence-corrected chi connectivity index (χ0v) is 63.0. The highest BCUT2D eigenvalue weighted by Crippen LogP contribution is 2.43. The van der Waals surface area contributed by atoms with Crippen LogP contribution in [-0.4, -0.2) is 49.3 Å². The number of carbonyl (C=O) groups excluding carboxylic acids is 2. The maximum atomic E-state index is 12.8. The molecule has 0 radical (unpaired) electrons. The second-order valence-corrected chi connectivity index (χ2v) is 28.4. The van der Waals surface area contributed by atoms with Gasteiger partial charge in [0.05, 0.1) is 13.2 Å². The van der Waals surface area contributed by atoms with Gasteiger partial charge in [0.1, 0.15) is 6.61 Å². The molecule has 9 nitrogen and oxygen atoms in total. The molecule has 550 valence electrons. The lowest BCUT2D eigenvalue weighted by Gasteiger charge is -2.19. The summed E-state index contributed by atoms with van der Waals surface area (Å²) >= 11 is 0. The van der Waals surface area contributed by atoms with E-state index in [1.807, 2.05) is 0 Å². The Morgan fingerprint density at radius 1 is 0.326 bits per heavy atom. The van der Waals surface area contributed by atoms with Crippen molar-refractivity contribution in [2.75, 3.05) is 26.4 Å². The molecule has 10 heteroatoms. The fourth-order valence-electron chi connectivity index (χ4n) is 11.7. The number of rotatable bonds is 76. The third-order valence-corrected chi connectivity index (χ3v) is 18.6. The first-order valence-electron chi connectivity index (χ1n) is 40.4. The van der Waals surface area contributed by atoms with Gasteiger partial charge < -0.3 is 20.1 Å². The molecule has 0 bridgehead atoms. The fourth-order valence-corrected chi connectivity index (χ4v) is 12.5. The van der Waals surface area contributed by atoms with Gasteiger partial charge in [-0.15, -0.1) is 0 Å². The number of hydrogen-bond donors (Lipinski definition) is 2. The van der Waals surface area contributed by atoms with E-state index in [1.54, 1.807) is 0 Å². The Balaban J connectivity index is 3.78. The molecule has 0 amide bonds. The number of nitrogens with two attached hydrogens (primary N) is 1. The summed E-state index contributed by atoms with van der Waals surface area (Å²) < 4.78 is 33.3. The van der Waals surface area contributed by atoms with Crippen LogP contribution in [0.5, 0.6) is 0 Å². The van der Waals surface area contributed by atoms with Crippen LogP contribution in [0.3, 0.4) is 0 Å². The highest BCUT2D eigenvalue weighted by atomic mass is 31.2. The minimum Gasteiger partial charge on any atom is -0.462 e. The molecule has 0 aromatic carbocycles. The number of hydrogen-bond acceptors (Lipinski definition) is 8. The molecule has 0 aliphatic carbocycles. The number of esters is 2. The van der Waals surface area contributed by atoms with Crippen molar-refractivity contribution in [1.82, 2.24) is 0 Å². The molecule has 2 unspecified atom stereocenters. The number of unbranched alkanes of at least 4 members (excludes halogenated alkanes) is 45. The van der Waals surface area contributed by atoms with Crippen LogP contribution in [0.25, 0.3) is 0 Å². The van der Waals surface area contributed by atoms with Crippen molar-refractivity contribution in [3.8, 4) is 0 Å². The molecule has 0 aliphatic rings. The van der Waals surface area contributed by atoms with E-state index in [2.05, 4.69) is 123 Å². The van der Waals surface area contributed by atoms with E-state index < -0.39 is 26.5 Å². The van der Waals surface area contributed by atoms with Gasteiger partial charge in [-0.05, 0) is 103 Å². The molecular formula is C85H152NO8P. The van der Waals surface area contributed by atoms with E-state index in [4.69, 9.17) is 24.3 Å². The first-order chi connectivity index (χ1) is 46.8. The Labute approximate surface area is 588 Å². The van der Waals surface area contributed by atoms with Crippen molar-refractivity contribution in [3.63, 3.8) is 0 Å². The number of ether oxygens (including phenoxy) is 2. The second-order valence-electron chi connectivity index (χ2n) is 26.9. The minimum absolute atomic E-state index is 0.0518. The zero-order valence-electron chi connectivity index (χ0n) is 62.1. The molecular weight excluding hydrogens is 1190 g/mol. The molecule has 0 rings (SSSR count). The van der Waals surface area contributed by atoms with Gasteiger partial charge in [0.25, 0.3) is 0 Å². The van der Waals surface area contributed by atoms with Crippen molar-refractivity contribution in [2.45, 2.75) is 392 Å². The van der Waals surface area contributed by atoms with E-state index in [-0.39, 0.29) is 38.6 Å². The maximum absolute atomic E-state index is 12.8. The fraction of sp³-hybridized carbons (Fsp3) is 0.765. The van der Waals surface area contributed by atoms with Gasteiger partial charge in [-0.2, -0.15) is 0 Å². The third-order valence-electron chi connectivity index (χ3n) is 17.6. The lowest BCUT2D eigenvalue weighted by atomic mass is 10.0. The van der Waals surface area contributed by atoms with E-state index in [0.29, 0.717) is 6.42 Å². The quantitative estimate of drug-likeness (QED) is 0.0264. The molecule has 0 spiro atoms. The van der Waals surface area contributed by atoms with Crippen LogP contribution in [0.4, 0.5) is 0 Å². The monoisotopic (exact) mass is 1350 g/mol. The first-order valence-corrected chi connectivity index (χ1v) is 41.9. The molecule has 2 atom stereocenters. The Morgan fingerprint density at radius 3 is 0.863 bits per heavy atom.